The topological polar surface area (TPSA) is 92.8 Å². The van der Waals surface area contributed by atoms with Crippen molar-refractivity contribution in [3.63, 3.8) is 0 Å². The highest BCUT2D eigenvalue weighted by atomic mass is 32.2. The number of anilines is 1. The first-order valence-electron chi connectivity index (χ1n) is 11.4. The zero-order valence-electron chi connectivity index (χ0n) is 19.2. The summed E-state index contributed by atoms with van der Waals surface area (Å²) < 4.78 is 32.9. The molecule has 0 radical (unpaired) electrons. The van der Waals surface area contributed by atoms with E-state index in [1.807, 2.05) is 0 Å². The van der Waals surface area contributed by atoms with Crippen molar-refractivity contribution in [1.82, 2.24) is 4.31 Å². The molecule has 4 rings (SSSR count). The molecule has 178 valence electrons. The van der Waals surface area contributed by atoms with Crippen LogP contribution < -0.4 is 5.32 Å². The third kappa shape index (κ3) is 4.85. The van der Waals surface area contributed by atoms with E-state index < -0.39 is 16.0 Å². The van der Waals surface area contributed by atoms with E-state index in [4.69, 9.17) is 4.74 Å². The number of amides is 1. The van der Waals surface area contributed by atoms with Crippen molar-refractivity contribution in [1.29, 1.82) is 0 Å². The molecule has 0 bridgehead atoms. The number of esters is 1. The van der Waals surface area contributed by atoms with Crippen molar-refractivity contribution >= 4 is 38.2 Å². The molecular weight excluding hydrogens is 460 g/mol. The van der Waals surface area contributed by atoms with Crippen molar-refractivity contribution < 1.29 is 22.7 Å². The summed E-state index contributed by atoms with van der Waals surface area (Å²) >= 11 is 1.42. The molecule has 33 heavy (non-hydrogen) atoms. The fraction of sp³-hybridized carbons (Fsp3) is 0.500. The minimum absolute atomic E-state index is 0.183. The molecule has 1 fully saturated rings. The number of nitrogens with zero attached hydrogens (tertiary/aromatic N) is 1. The fourth-order valence-electron chi connectivity index (χ4n) is 4.82. The Hall–Kier alpha value is -2.23. The largest absolute Gasteiger partial charge is 0.462 e. The van der Waals surface area contributed by atoms with Gasteiger partial charge in [-0.2, -0.15) is 4.31 Å². The fourth-order valence-corrected chi connectivity index (χ4v) is 7.77. The van der Waals surface area contributed by atoms with Gasteiger partial charge in [0, 0.05) is 23.5 Å². The Morgan fingerprint density at radius 2 is 1.79 bits per heavy atom. The van der Waals surface area contributed by atoms with Crippen LogP contribution >= 0.6 is 11.3 Å². The van der Waals surface area contributed by atoms with E-state index in [9.17, 15) is 18.0 Å². The summed E-state index contributed by atoms with van der Waals surface area (Å²) in [5.41, 5.74) is 1.76. The molecule has 1 amide bonds. The lowest BCUT2D eigenvalue weighted by Crippen LogP contribution is -2.42. The molecule has 1 aromatic carbocycles. The lowest BCUT2D eigenvalue weighted by Gasteiger charge is -2.34. The summed E-state index contributed by atoms with van der Waals surface area (Å²) in [6.45, 7) is 7.17. The molecule has 2 atom stereocenters. The van der Waals surface area contributed by atoms with Gasteiger partial charge in [-0.25, -0.2) is 13.2 Å². The lowest BCUT2D eigenvalue weighted by molar-refractivity contribution is 0.0527. The van der Waals surface area contributed by atoms with Gasteiger partial charge < -0.3 is 10.1 Å². The number of thiophene rings is 1. The molecule has 0 saturated carbocycles. The van der Waals surface area contributed by atoms with Gasteiger partial charge >= 0.3 is 5.97 Å². The zero-order valence-corrected chi connectivity index (χ0v) is 20.9. The number of benzene rings is 1. The average Bonchev–Trinajstić information content (AvgIpc) is 3.34. The highest BCUT2D eigenvalue weighted by Crippen LogP contribution is 2.39. The Morgan fingerprint density at radius 3 is 2.42 bits per heavy atom. The number of nitrogens with one attached hydrogen (secondary N) is 1. The highest BCUT2D eigenvalue weighted by Gasteiger charge is 2.32. The maximum atomic E-state index is 13.1. The van der Waals surface area contributed by atoms with E-state index in [1.165, 1.54) is 35.6 Å². The molecule has 0 unspecified atom stereocenters. The van der Waals surface area contributed by atoms with Crippen molar-refractivity contribution in [2.75, 3.05) is 25.0 Å². The minimum Gasteiger partial charge on any atom is -0.462 e. The number of fused-ring (bicyclic) bond motifs is 1. The van der Waals surface area contributed by atoms with E-state index in [2.05, 4.69) is 19.2 Å². The Morgan fingerprint density at radius 1 is 1.12 bits per heavy atom. The second-order valence-corrected chi connectivity index (χ2v) is 12.1. The summed E-state index contributed by atoms with van der Waals surface area (Å²) in [6, 6.07) is 6.00. The molecule has 2 heterocycles. The normalized spacial score (nSPS) is 20.9. The summed E-state index contributed by atoms with van der Waals surface area (Å²) in [5.74, 6) is -0.174. The van der Waals surface area contributed by atoms with Crippen molar-refractivity contribution in [3.05, 3.63) is 45.8 Å². The van der Waals surface area contributed by atoms with Crippen LogP contribution in [0.15, 0.2) is 29.2 Å². The summed E-state index contributed by atoms with van der Waals surface area (Å²) in [6.07, 6.45) is 3.70. The molecule has 1 saturated heterocycles. The van der Waals surface area contributed by atoms with Crippen LogP contribution in [0, 0.1) is 11.8 Å². The van der Waals surface area contributed by atoms with Gasteiger partial charge in [0.25, 0.3) is 5.91 Å². The molecule has 2 aliphatic rings. The first kappa shape index (κ1) is 23.9. The molecule has 1 aromatic heterocycles. The summed E-state index contributed by atoms with van der Waals surface area (Å²) in [7, 11) is -3.61. The maximum absolute atomic E-state index is 13.1. The van der Waals surface area contributed by atoms with Crippen LogP contribution in [0.1, 0.15) is 64.8 Å². The molecule has 1 N–H and O–H groups in total. The summed E-state index contributed by atoms with van der Waals surface area (Å²) in [5, 5.41) is 3.34. The number of hydrogen-bond acceptors (Lipinski definition) is 6. The predicted octanol–water partition coefficient (Wildman–Crippen LogP) is 4.33. The van der Waals surface area contributed by atoms with E-state index >= 15 is 0 Å². The van der Waals surface area contributed by atoms with Crippen LogP contribution in [0.3, 0.4) is 0 Å². The molecule has 0 spiro atoms. The van der Waals surface area contributed by atoms with Crippen molar-refractivity contribution in [3.8, 4) is 0 Å². The number of hydrogen-bond donors (Lipinski definition) is 1. The Labute approximate surface area is 199 Å². The molecular formula is C24H30N2O5S2. The Kier molecular flexibility index (Phi) is 6.93. The van der Waals surface area contributed by atoms with Crippen LogP contribution in [0.2, 0.25) is 0 Å². The minimum atomic E-state index is -3.61. The smallest absolute Gasteiger partial charge is 0.341 e. The summed E-state index contributed by atoms with van der Waals surface area (Å²) in [4.78, 5) is 26.7. The van der Waals surface area contributed by atoms with Gasteiger partial charge in [0.15, 0.2) is 0 Å². The van der Waals surface area contributed by atoms with Crippen LogP contribution in [0.5, 0.6) is 0 Å². The van der Waals surface area contributed by atoms with Gasteiger partial charge in [0.2, 0.25) is 10.0 Å². The maximum Gasteiger partial charge on any atom is 0.341 e. The van der Waals surface area contributed by atoms with Crippen LogP contribution in [-0.4, -0.2) is 44.3 Å². The van der Waals surface area contributed by atoms with Gasteiger partial charge in [0.1, 0.15) is 5.00 Å². The van der Waals surface area contributed by atoms with E-state index in [0.717, 1.165) is 36.1 Å². The standard InChI is InChI=1S/C24H30N2O5S2/c1-4-31-24(28)21-19-6-5-7-20(19)32-23(21)25-22(27)17-8-10-18(11-9-17)33(29,30)26-13-15(2)12-16(3)14-26/h8-11,15-16H,4-7,12-14H2,1-3H3,(H,25,27)/t15-,16-/m0/s1. The van der Waals surface area contributed by atoms with Gasteiger partial charge in [-0.3, -0.25) is 4.79 Å². The van der Waals surface area contributed by atoms with Crippen LogP contribution in [0.25, 0.3) is 0 Å². The lowest BCUT2D eigenvalue weighted by atomic mass is 9.94. The number of sulfonamides is 1. The Bertz CT molecular complexity index is 1140. The quantitative estimate of drug-likeness (QED) is 0.609. The van der Waals surface area contributed by atoms with Crippen LogP contribution in [-0.2, 0) is 27.6 Å². The second-order valence-electron chi connectivity index (χ2n) is 9.03. The molecule has 7 nitrogen and oxygen atoms in total. The molecule has 2 aromatic rings. The number of carbonyl (C=O) groups is 2. The monoisotopic (exact) mass is 490 g/mol. The van der Waals surface area contributed by atoms with Gasteiger partial charge in [-0.1, -0.05) is 13.8 Å². The Balaban J connectivity index is 1.52. The highest BCUT2D eigenvalue weighted by molar-refractivity contribution is 7.89. The molecule has 1 aliphatic carbocycles. The van der Waals surface area contributed by atoms with Gasteiger partial charge in [-0.05, 0) is 74.3 Å². The van der Waals surface area contributed by atoms with Crippen LogP contribution in [0.4, 0.5) is 5.00 Å². The third-order valence-corrected chi connectivity index (χ3v) is 9.27. The average molecular weight is 491 g/mol. The number of ether oxygens (including phenoxy) is 1. The zero-order chi connectivity index (χ0) is 23.8. The second kappa shape index (κ2) is 9.56. The number of aryl methyl sites for hydroxylation is 1. The first-order chi connectivity index (χ1) is 15.7. The number of rotatable bonds is 6. The van der Waals surface area contributed by atoms with Gasteiger partial charge in [-0.15, -0.1) is 11.3 Å². The number of carbonyl (C=O) groups excluding carboxylic acids is 2. The SMILES string of the molecule is CCOC(=O)c1c(NC(=O)c2ccc(S(=O)(=O)N3C[C@@H](C)C[C@H](C)C3)cc2)sc2c1CCC2. The van der Waals surface area contributed by atoms with E-state index in [-0.39, 0.29) is 17.4 Å². The van der Waals surface area contributed by atoms with Crippen molar-refractivity contribution in [2.24, 2.45) is 11.8 Å². The number of piperidine rings is 1. The van der Waals surface area contributed by atoms with E-state index in [0.29, 0.717) is 41.1 Å². The third-order valence-electron chi connectivity index (χ3n) is 6.22. The first-order valence-corrected chi connectivity index (χ1v) is 13.7. The predicted molar refractivity (Wildman–Crippen MR) is 128 cm³/mol. The molecule has 9 heteroatoms. The molecule has 1 aliphatic heterocycles. The van der Waals surface area contributed by atoms with E-state index in [1.54, 1.807) is 11.2 Å². The van der Waals surface area contributed by atoms with Crippen molar-refractivity contribution in [2.45, 2.75) is 51.3 Å². The van der Waals surface area contributed by atoms with Gasteiger partial charge in [0.05, 0.1) is 17.1 Å².